The van der Waals surface area contributed by atoms with Gasteiger partial charge in [-0.1, -0.05) is 54.1 Å². The van der Waals surface area contributed by atoms with Gasteiger partial charge in [0.05, 0.1) is 11.0 Å². The smallest absolute Gasteiger partial charge is 0.174 e. The van der Waals surface area contributed by atoms with Crippen LogP contribution in [0.2, 0.25) is 5.02 Å². The highest BCUT2D eigenvalue weighted by atomic mass is 35.5. The van der Waals surface area contributed by atoms with Crippen LogP contribution in [0.5, 0.6) is 11.5 Å². The molecule has 0 saturated carbocycles. The first-order valence-corrected chi connectivity index (χ1v) is 13.0. The molecule has 5 rings (SSSR count). The van der Waals surface area contributed by atoms with Gasteiger partial charge >= 0.3 is 0 Å². The second-order valence-electron chi connectivity index (χ2n) is 8.52. The number of hydrogen-bond acceptors (Lipinski definition) is 4. The largest absolute Gasteiger partial charge is 0.486 e. The molecule has 0 unspecified atom stereocenters. The van der Waals surface area contributed by atoms with Crippen LogP contribution >= 0.6 is 23.4 Å². The van der Waals surface area contributed by atoms with Gasteiger partial charge in [0.1, 0.15) is 13.2 Å². The minimum absolute atomic E-state index is 0.0405. The molecule has 2 heterocycles. The van der Waals surface area contributed by atoms with Crippen LogP contribution in [0.4, 0.5) is 0 Å². The molecule has 0 radical (unpaired) electrons. The number of benzene rings is 3. The molecule has 4 nitrogen and oxygen atoms in total. The number of halogens is 1. The topological polar surface area (TPSA) is 40.5 Å². The number of thioether (sulfide) groups is 1. The van der Waals surface area contributed by atoms with E-state index in [0.29, 0.717) is 24.0 Å². The molecule has 0 amide bonds. The summed E-state index contributed by atoms with van der Waals surface area (Å²) in [6, 6.07) is 26.0. The Balaban J connectivity index is 1.39. The minimum Gasteiger partial charge on any atom is -0.486 e. The van der Waals surface area contributed by atoms with E-state index in [1.54, 1.807) is 11.8 Å². The van der Waals surface area contributed by atoms with Gasteiger partial charge in [0, 0.05) is 33.7 Å². The molecular weight excluding hydrogens is 478 g/mol. The summed E-state index contributed by atoms with van der Waals surface area (Å²) >= 11 is 7.75. The first kappa shape index (κ1) is 23.6. The van der Waals surface area contributed by atoms with E-state index in [1.807, 2.05) is 80.6 Å². The predicted octanol–water partition coefficient (Wildman–Crippen LogP) is 7.22. The van der Waals surface area contributed by atoms with Crippen molar-refractivity contribution >= 4 is 29.1 Å². The third-order valence-electron chi connectivity index (χ3n) is 6.17. The SMILES string of the molecule is Cc1cc(C(=O)CS[C@H](c2ccccc2)c2ccc(Cl)cc2)c(C)n1-c1ccc2c(c1)OCCO2. The third kappa shape index (κ3) is 4.97. The molecule has 1 aromatic heterocycles. The van der Waals surface area contributed by atoms with Crippen LogP contribution in [0.15, 0.2) is 78.9 Å². The molecular formula is C29H26ClNO3S. The van der Waals surface area contributed by atoms with Gasteiger partial charge < -0.3 is 14.0 Å². The summed E-state index contributed by atoms with van der Waals surface area (Å²) in [4.78, 5) is 13.4. The number of carbonyl (C=O) groups is 1. The second-order valence-corrected chi connectivity index (χ2v) is 10.1. The number of Topliss-reactive ketones (excluding diaryl/α,β-unsaturated/α-hetero) is 1. The van der Waals surface area contributed by atoms with E-state index in [9.17, 15) is 4.79 Å². The lowest BCUT2D eigenvalue weighted by Gasteiger charge is -2.20. The number of ether oxygens (including phenoxy) is 2. The summed E-state index contributed by atoms with van der Waals surface area (Å²) in [7, 11) is 0. The first-order valence-electron chi connectivity index (χ1n) is 11.6. The summed E-state index contributed by atoms with van der Waals surface area (Å²) in [5, 5.41) is 0.743. The number of rotatable bonds is 7. The number of ketones is 1. The van der Waals surface area contributed by atoms with E-state index >= 15 is 0 Å². The Morgan fingerprint density at radius 2 is 1.60 bits per heavy atom. The van der Waals surface area contributed by atoms with Crippen molar-refractivity contribution in [2.45, 2.75) is 19.1 Å². The molecule has 0 spiro atoms. The van der Waals surface area contributed by atoms with Crippen LogP contribution in [0.3, 0.4) is 0 Å². The molecule has 35 heavy (non-hydrogen) atoms. The van der Waals surface area contributed by atoms with Gasteiger partial charge in [-0.05, 0) is 55.3 Å². The maximum atomic E-state index is 13.4. The van der Waals surface area contributed by atoms with Crippen molar-refractivity contribution in [3.63, 3.8) is 0 Å². The van der Waals surface area contributed by atoms with E-state index in [0.717, 1.165) is 45.3 Å². The maximum Gasteiger partial charge on any atom is 0.174 e. The zero-order valence-electron chi connectivity index (χ0n) is 19.7. The standard InChI is InChI=1S/C29H26ClNO3S/c1-19-16-25(20(2)31(19)24-12-13-27-28(17-24)34-15-14-33-27)26(32)18-35-29(21-6-4-3-5-7-21)22-8-10-23(30)11-9-22/h3-13,16-17,29H,14-15,18H2,1-2H3/t29-/m1/s1. The number of carbonyl (C=O) groups excluding carboxylic acids is 1. The van der Waals surface area contributed by atoms with Crippen molar-refractivity contribution in [3.05, 3.63) is 112 Å². The van der Waals surface area contributed by atoms with Gasteiger partial charge in [0.25, 0.3) is 0 Å². The Labute approximate surface area is 214 Å². The van der Waals surface area contributed by atoms with Crippen molar-refractivity contribution in [1.29, 1.82) is 0 Å². The van der Waals surface area contributed by atoms with Gasteiger partial charge in [-0.25, -0.2) is 0 Å². The monoisotopic (exact) mass is 503 g/mol. The van der Waals surface area contributed by atoms with Crippen molar-refractivity contribution in [2.24, 2.45) is 0 Å². The molecule has 0 aliphatic carbocycles. The fourth-order valence-electron chi connectivity index (χ4n) is 4.50. The Morgan fingerprint density at radius 3 is 2.34 bits per heavy atom. The third-order valence-corrected chi connectivity index (χ3v) is 7.73. The van der Waals surface area contributed by atoms with E-state index in [4.69, 9.17) is 21.1 Å². The van der Waals surface area contributed by atoms with E-state index in [1.165, 1.54) is 0 Å². The van der Waals surface area contributed by atoms with Crippen LogP contribution in [0, 0.1) is 13.8 Å². The Kier molecular flexibility index (Phi) is 6.89. The van der Waals surface area contributed by atoms with Crippen LogP contribution in [0.1, 0.15) is 38.1 Å². The molecule has 1 aliphatic heterocycles. The number of fused-ring (bicyclic) bond motifs is 1. The van der Waals surface area contributed by atoms with Crippen molar-refractivity contribution in [3.8, 4) is 17.2 Å². The fraction of sp³-hybridized carbons (Fsp3) is 0.207. The van der Waals surface area contributed by atoms with Gasteiger partial charge in [0.2, 0.25) is 0 Å². The zero-order chi connectivity index (χ0) is 24.4. The molecule has 0 bridgehead atoms. The highest BCUT2D eigenvalue weighted by Crippen LogP contribution is 2.37. The van der Waals surface area contributed by atoms with Crippen LogP contribution in [0.25, 0.3) is 5.69 Å². The molecule has 178 valence electrons. The highest BCUT2D eigenvalue weighted by Gasteiger charge is 2.22. The Hall–Kier alpha value is -3.15. The van der Waals surface area contributed by atoms with Gasteiger partial charge in [0.15, 0.2) is 17.3 Å². The number of hydrogen-bond donors (Lipinski definition) is 0. The van der Waals surface area contributed by atoms with Gasteiger partial charge in [-0.15, -0.1) is 11.8 Å². The summed E-state index contributed by atoms with van der Waals surface area (Å²) in [5.74, 6) is 1.97. The highest BCUT2D eigenvalue weighted by molar-refractivity contribution is 8.00. The first-order chi connectivity index (χ1) is 17.0. The second kappa shape index (κ2) is 10.2. The molecule has 1 atom stereocenters. The quantitative estimate of drug-likeness (QED) is 0.249. The molecule has 3 aromatic carbocycles. The maximum absolute atomic E-state index is 13.4. The molecule has 0 saturated heterocycles. The molecule has 0 N–H and O–H groups in total. The van der Waals surface area contributed by atoms with Gasteiger partial charge in [-0.2, -0.15) is 0 Å². The molecule has 4 aromatic rings. The van der Waals surface area contributed by atoms with E-state index < -0.39 is 0 Å². The molecule has 0 fully saturated rings. The predicted molar refractivity (Wildman–Crippen MR) is 143 cm³/mol. The lowest BCUT2D eigenvalue weighted by Crippen LogP contribution is -2.15. The number of aromatic nitrogens is 1. The van der Waals surface area contributed by atoms with E-state index in [-0.39, 0.29) is 11.0 Å². The lowest BCUT2D eigenvalue weighted by atomic mass is 10.0. The lowest BCUT2D eigenvalue weighted by molar-refractivity contribution is 0.102. The zero-order valence-corrected chi connectivity index (χ0v) is 21.2. The molecule has 6 heteroatoms. The summed E-state index contributed by atoms with van der Waals surface area (Å²) in [5.41, 5.74) is 5.92. The van der Waals surface area contributed by atoms with Crippen molar-refractivity contribution in [2.75, 3.05) is 19.0 Å². The normalized spacial score (nSPS) is 13.5. The van der Waals surface area contributed by atoms with Crippen LogP contribution in [-0.4, -0.2) is 29.3 Å². The summed E-state index contributed by atoms with van der Waals surface area (Å²) < 4.78 is 13.5. The number of nitrogens with zero attached hydrogens (tertiary/aromatic N) is 1. The van der Waals surface area contributed by atoms with Crippen molar-refractivity contribution < 1.29 is 14.3 Å². The summed E-state index contributed by atoms with van der Waals surface area (Å²) in [6.07, 6.45) is 0. The van der Waals surface area contributed by atoms with E-state index in [2.05, 4.69) is 16.7 Å². The minimum atomic E-state index is 0.0405. The van der Waals surface area contributed by atoms with Crippen molar-refractivity contribution in [1.82, 2.24) is 4.57 Å². The van der Waals surface area contributed by atoms with Gasteiger partial charge in [-0.3, -0.25) is 4.79 Å². The average Bonchev–Trinajstić information content (AvgIpc) is 3.19. The van der Waals surface area contributed by atoms with Crippen LogP contribution in [-0.2, 0) is 0 Å². The number of aryl methyl sites for hydroxylation is 1. The Morgan fingerprint density at radius 1 is 0.914 bits per heavy atom. The summed E-state index contributed by atoms with van der Waals surface area (Å²) in [6.45, 7) is 5.12. The van der Waals surface area contributed by atoms with Crippen LogP contribution < -0.4 is 9.47 Å². The average molecular weight is 504 g/mol. The Bertz CT molecular complexity index is 1350. The fourth-order valence-corrected chi connectivity index (χ4v) is 5.80. The molecule has 1 aliphatic rings.